The van der Waals surface area contributed by atoms with Gasteiger partial charge in [-0.05, 0) is 57.9 Å². The van der Waals surface area contributed by atoms with Gasteiger partial charge in [-0.25, -0.2) is 4.98 Å². The maximum atomic E-state index is 9.55. The monoisotopic (exact) mass is 663 g/mol. The molecule has 0 fully saturated rings. The second-order valence-electron chi connectivity index (χ2n) is 9.13. The fourth-order valence-electron chi connectivity index (χ4n) is 4.75. The molecule has 0 amide bonds. The van der Waals surface area contributed by atoms with Crippen molar-refractivity contribution in [1.82, 2.24) is 14.5 Å². The molecule has 0 aliphatic heterocycles. The van der Waals surface area contributed by atoms with Crippen molar-refractivity contribution in [3.63, 3.8) is 0 Å². The summed E-state index contributed by atoms with van der Waals surface area (Å²) in [5.41, 5.74) is 6.54. The minimum atomic E-state index is 0. The van der Waals surface area contributed by atoms with E-state index in [0.29, 0.717) is 0 Å². The molecule has 5 heteroatoms. The molecule has 37 heavy (non-hydrogen) atoms. The SMILES string of the molecule is Cc1[c-]c(-c2nccc3cc(C)c4ccccc4c23)cc(C)c1.Cn1ccnc1-c1ccccc1O.[Ir]. The zero-order chi connectivity index (χ0) is 25.2. The van der Waals surface area contributed by atoms with Gasteiger partial charge < -0.3 is 14.7 Å². The maximum Gasteiger partial charge on any atom is 0.143 e. The second kappa shape index (κ2) is 11.1. The molecule has 0 saturated heterocycles. The van der Waals surface area contributed by atoms with E-state index in [1.165, 1.54) is 32.7 Å². The van der Waals surface area contributed by atoms with Crippen molar-refractivity contribution in [3.8, 4) is 28.4 Å². The average Bonchev–Trinajstić information content (AvgIpc) is 3.29. The number of fused-ring (bicyclic) bond motifs is 3. The Hall–Kier alpha value is -3.79. The molecule has 6 aromatic rings. The van der Waals surface area contributed by atoms with Crippen LogP contribution < -0.4 is 0 Å². The number of aryl methyl sites for hydroxylation is 4. The Balaban J connectivity index is 0.000000195. The van der Waals surface area contributed by atoms with Crippen LogP contribution in [-0.2, 0) is 27.2 Å². The van der Waals surface area contributed by atoms with Crippen LogP contribution in [0.3, 0.4) is 0 Å². The molecular weight excluding hydrogens is 635 g/mol. The first-order chi connectivity index (χ1) is 17.4. The van der Waals surface area contributed by atoms with Crippen LogP contribution in [0.4, 0.5) is 0 Å². The van der Waals surface area contributed by atoms with Crippen LogP contribution in [0.15, 0.2) is 91.4 Å². The summed E-state index contributed by atoms with van der Waals surface area (Å²) in [6.45, 7) is 6.38. The van der Waals surface area contributed by atoms with Gasteiger partial charge in [0, 0.05) is 45.7 Å². The predicted molar refractivity (Wildman–Crippen MR) is 148 cm³/mol. The van der Waals surface area contributed by atoms with Gasteiger partial charge in [-0.1, -0.05) is 56.3 Å². The van der Waals surface area contributed by atoms with Crippen molar-refractivity contribution >= 4 is 21.5 Å². The third-order valence-electron chi connectivity index (χ3n) is 6.35. The number of rotatable bonds is 2. The van der Waals surface area contributed by atoms with Crippen molar-refractivity contribution < 1.29 is 25.2 Å². The first-order valence-corrected chi connectivity index (χ1v) is 12.0. The molecule has 4 aromatic carbocycles. The second-order valence-corrected chi connectivity index (χ2v) is 9.13. The van der Waals surface area contributed by atoms with E-state index in [4.69, 9.17) is 4.98 Å². The Morgan fingerprint density at radius 1 is 0.811 bits per heavy atom. The fraction of sp³-hybridized carbons (Fsp3) is 0.125. The molecule has 0 unspecified atom stereocenters. The van der Waals surface area contributed by atoms with E-state index in [0.717, 1.165) is 28.2 Å². The summed E-state index contributed by atoms with van der Waals surface area (Å²) in [5, 5.41) is 14.6. The summed E-state index contributed by atoms with van der Waals surface area (Å²) >= 11 is 0. The number of aromatic nitrogens is 3. The largest absolute Gasteiger partial charge is 0.507 e. The van der Waals surface area contributed by atoms with E-state index in [1.807, 2.05) is 36.1 Å². The Morgan fingerprint density at radius 3 is 2.24 bits per heavy atom. The molecule has 0 saturated carbocycles. The van der Waals surface area contributed by atoms with Crippen LogP contribution >= 0.6 is 0 Å². The molecule has 0 aliphatic rings. The molecule has 1 N–H and O–H groups in total. The quantitative estimate of drug-likeness (QED) is 0.154. The molecule has 2 aromatic heterocycles. The number of hydrogen-bond acceptors (Lipinski definition) is 3. The minimum Gasteiger partial charge on any atom is -0.507 e. The number of phenolic OH excluding ortho intramolecular Hbond substituents is 1. The van der Waals surface area contributed by atoms with Crippen molar-refractivity contribution in [2.45, 2.75) is 20.8 Å². The number of aromatic hydroxyl groups is 1. The van der Waals surface area contributed by atoms with Crippen LogP contribution in [0.5, 0.6) is 5.75 Å². The first kappa shape index (κ1) is 26.3. The van der Waals surface area contributed by atoms with Gasteiger partial charge in [0.25, 0.3) is 0 Å². The van der Waals surface area contributed by atoms with Gasteiger partial charge in [0.15, 0.2) is 0 Å². The van der Waals surface area contributed by atoms with Crippen LogP contribution in [-0.4, -0.2) is 19.6 Å². The number of hydrogen-bond donors (Lipinski definition) is 1. The zero-order valence-electron chi connectivity index (χ0n) is 21.3. The molecule has 0 bridgehead atoms. The van der Waals surface area contributed by atoms with E-state index in [2.05, 4.69) is 80.4 Å². The van der Waals surface area contributed by atoms with Gasteiger partial charge in [0.1, 0.15) is 11.6 Å². The van der Waals surface area contributed by atoms with E-state index < -0.39 is 0 Å². The molecule has 0 aliphatic carbocycles. The normalized spacial score (nSPS) is 10.6. The first-order valence-electron chi connectivity index (χ1n) is 12.0. The van der Waals surface area contributed by atoms with Gasteiger partial charge >= 0.3 is 0 Å². The Bertz CT molecular complexity index is 1680. The average molecular weight is 663 g/mol. The molecule has 1 radical (unpaired) electrons. The van der Waals surface area contributed by atoms with Crippen molar-refractivity contribution in [2.24, 2.45) is 7.05 Å². The Labute approximate surface area is 231 Å². The molecule has 0 atom stereocenters. The third kappa shape index (κ3) is 5.34. The summed E-state index contributed by atoms with van der Waals surface area (Å²) in [4.78, 5) is 8.86. The van der Waals surface area contributed by atoms with Crippen LogP contribution in [0.2, 0.25) is 0 Å². The number of para-hydroxylation sites is 1. The maximum absolute atomic E-state index is 9.55. The number of nitrogens with zero attached hydrogens (tertiary/aromatic N) is 3. The molecule has 4 nitrogen and oxygen atoms in total. The topological polar surface area (TPSA) is 50.9 Å². The third-order valence-corrected chi connectivity index (χ3v) is 6.35. The van der Waals surface area contributed by atoms with Crippen molar-refractivity contribution in [1.29, 1.82) is 0 Å². The van der Waals surface area contributed by atoms with Gasteiger partial charge in [-0.2, -0.15) is 0 Å². The van der Waals surface area contributed by atoms with Crippen LogP contribution in [0, 0.1) is 26.8 Å². The summed E-state index contributed by atoms with van der Waals surface area (Å²) in [6, 6.07) is 27.9. The number of phenols is 1. The Kier molecular flexibility index (Phi) is 7.87. The number of benzene rings is 4. The van der Waals surface area contributed by atoms with E-state index in [-0.39, 0.29) is 25.9 Å². The number of imidazole rings is 1. The zero-order valence-corrected chi connectivity index (χ0v) is 23.7. The van der Waals surface area contributed by atoms with Crippen molar-refractivity contribution in [3.05, 3.63) is 114 Å². The van der Waals surface area contributed by atoms with Crippen LogP contribution in [0.25, 0.3) is 44.2 Å². The van der Waals surface area contributed by atoms with E-state index in [9.17, 15) is 5.11 Å². The fourth-order valence-corrected chi connectivity index (χ4v) is 4.75. The van der Waals surface area contributed by atoms with Gasteiger partial charge in [-0.3, -0.25) is 0 Å². The summed E-state index contributed by atoms with van der Waals surface area (Å²) in [5.74, 6) is 1.04. The van der Waals surface area contributed by atoms with Crippen molar-refractivity contribution in [2.75, 3.05) is 0 Å². The summed E-state index contributed by atoms with van der Waals surface area (Å²) in [7, 11) is 1.90. The predicted octanol–water partition coefficient (Wildman–Crippen LogP) is 7.57. The van der Waals surface area contributed by atoms with Gasteiger partial charge in [-0.15, -0.1) is 34.9 Å². The van der Waals surface area contributed by atoms with Gasteiger partial charge in [0.05, 0.1) is 5.56 Å². The smallest absolute Gasteiger partial charge is 0.143 e. The van der Waals surface area contributed by atoms with Gasteiger partial charge in [0.2, 0.25) is 0 Å². The standard InChI is InChI=1S/C22H18N.C10H10N2O.Ir/c1-14-10-15(2)12-18(11-14)22-21-17(8-9-23-22)13-16(3)19-6-4-5-7-20(19)21;1-12-7-6-11-10(12)8-4-2-3-5-9(8)13;/h4-11,13H,1-3H3;2-7,13H,1H3;/q-1;;. The summed E-state index contributed by atoms with van der Waals surface area (Å²) < 4.78 is 1.87. The van der Waals surface area contributed by atoms with E-state index >= 15 is 0 Å². The molecule has 187 valence electrons. The van der Waals surface area contributed by atoms with E-state index in [1.54, 1.807) is 18.3 Å². The van der Waals surface area contributed by atoms with Crippen LogP contribution in [0.1, 0.15) is 16.7 Å². The molecule has 0 spiro atoms. The Morgan fingerprint density at radius 2 is 1.54 bits per heavy atom. The summed E-state index contributed by atoms with van der Waals surface area (Å²) in [6.07, 6.45) is 5.46. The molecule has 6 rings (SSSR count). The molecular formula is C32H28IrN3O-. The number of pyridine rings is 1. The minimum absolute atomic E-state index is 0. The molecule has 2 heterocycles.